The van der Waals surface area contributed by atoms with Crippen LogP contribution in [-0.4, -0.2) is 10.1 Å². The van der Waals surface area contributed by atoms with E-state index in [0.717, 1.165) is 11.3 Å². The summed E-state index contributed by atoms with van der Waals surface area (Å²) in [6.45, 7) is 4.26. The van der Waals surface area contributed by atoms with Crippen molar-refractivity contribution in [1.29, 1.82) is 0 Å². The number of aromatic hydroxyl groups is 1. The van der Waals surface area contributed by atoms with Crippen LogP contribution in [0.4, 0.5) is 4.39 Å². The number of halogens is 1. The number of aromatic nitrogens is 1. The second-order valence-electron chi connectivity index (χ2n) is 4.58. The fraction of sp³-hybridized carbons (Fsp3) is 0.267. The Labute approximate surface area is 112 Å². The van der Waals surface area contributed by atoms with Gasteiger partial charge in [0, 0.05) is 18.3 Å². The summed E-state index contributed by atoms with van der Waals surface area (Å²) < 4.78 is 13.1. The molecular formula is C15H17FN2O. The first-order valence-electron chi connectivity index (χ1n) is 6.20. The minimum atomic E-state index is -0.248. The largest absolute Gasteiger partial charge is 0.506 e. The van der Waals surface area contributed by atoms with Crippen molar-refractivity contribution in [2.45, 2.75) is 26.4 Å². The minimum absolute atomic E-state index is 0.0163. The summed E-state index contributed by atoms with van der Waals surface area (Å²) in [7, 11) is 0. The fourth-order valence-electron chi connectivity index (χ4n) is 1.88. The van der Waals surface area contributed by atoms with Crippen LogP contribution in [0.15, 0.2) is 36.4 Å². The number of benzene rings is 1. The maximum Gasteiger partial charge on any atom is 0.138 e. The van der Waals surface area contributed by atoms with Crippen molar-refractivity contribution in [2.24, 2.45) is 0 Å². The number of hydrogen-bond acceptors (Lipinski definition) is 3. The molecule has 1 aromatic heterocycles. The third-order valence-corrected chi connectivity index (χ3v) is 3.01. The molecule has 2 aromatic rings. The van der Waals surface area contributed by atoms with Crippen LogP contribution >= 0.6 is 0 Å². The molecule has 0 aliphatic carbocycles. The molecule has 0 unspecified atom stereocenters. The van der Waals surface area contributed by atoms with Gasteiger partial charge in [0.1, 0.15) is 11.6 Å². The predicted octanol–water partition coefficient (Wildman–Crippen LogP) is 3.09. The van der Waals surface area contributed by atoms with Crippen molar-refractivity contribution in [1.82, 2.24) is 10.3 Å². The topological polar surface area (TPSA) is 45.1 Å². The fourth-order valence-corrected chi connectivity index (χ4v) is 1.88. The van der Waals surface area contributed by atoms with Crippen molar-refractivity contribution >= 4 is 0 Å². The van der Waals surface area contributed by atoms with Gasteiger partial charge in [-0.05, 0) is 43.7 Å². The third kappa shape index (κ3) is 3.51. The molecule has 3 nitrogen and oxygen atoms in total. The number of hydrogen-bond donors (Lipinski definition) is 2. The lowest BCUT2D eigenvalue weighted by molar-refractivity contribution is 0.454. The van der Waals surface area contributed by atoms with E-state index in [-0.39, 0.29) is 17.6 Å². The lowest BCUT2D eigenvalue weighted by Crippen LogP contribution is -2.19. The van der Waals surface area contributed by atoms with Crippen LogP contribution in [0.5, 0.6) is 5.75 Å². The Kier molecular flexibility index (Phi) is 4.12. The summed E-state index contributed by atoms with van der Waals surface area (Å²) in [6.07, 6.45) is 0. The van der Waals surface area contributed by atoms with Gasteiger partial charge >= 0.3 is 0 Å². The van der Waals surface area contributed by atoms with Gasteiger partial charge in [0.2, 0.25) is 0 Å². The second kappa shape index (κ2) is 5.80. The maximum atomic E-state index is 13.1. The Morgan fingerprint density at radius 2 is 2.11 bits per heavy atom. The van der Waals surface area contributed by atoms with E-state index in [0.29, 0.717) is 12.2 Å². The van der Waals surface area contributed by atoms with Gasteiger partial charge in [-0.3, -0.25) is 4.98 Å². The van der Waals surface area contributed by atoms with Crippen LogP contribution in [0.25, 0.3) is 0 Å². The third-order valence-electron chi connectivity index (χ3n) is 3.01. The summed E-state index contributed by atoms with van der Waals surface area (Å²) >= 11 is 0. The first kappa shape index (κ1) is 13.5. The van der Waals surface area contributed by atoms with Crippen LogP contribution in [0.2, 0.25) is 0 Å². The Balaban J connectivity index is 2.04. The lowest BCUT2D eigenvalue weighted by atomic mass is 10.1. The van der Waals surface area contributed by atoms with E-state index in [1.807, 2.05) is 19.9 Å². The highest BCUT2D eigenvalue weighted by Gasteiger charge is 2.08. The van der Waals surface area contributed by atoms with E-state index in [1.54, 1.807) is 18.2 Å². The molecule has 0 saturated carbocycles. The second-order valence-corrected chi connectivity index (χ2v) is 4.58. The summed E-state index contributed by atoms with van der Waals surface area (Å²) in [6, 6.07) is 9.85. The van der Waals surface area contributed by atoms with Crippen molar-refractivity contribution in [3.8, 4) is 5.75 Å². The van der Waals surface area contributed by atoms with E-state index in [9.17, 15) is 9.50 Å². The highest BCUT2D eigenvalue weighted by Crippen LogP contribution is 2.17. The van der Waals surface area contributed by atoms with Gasteiger partial charge in [0.15, 0.2) is 0 Å². The molecule has 100 valence electrons. The molecule has 4 heteroatoms. The Morgan fingerprint density at radius 1 is 1.32 bits per heavy atom. The zero-order valence-corrected chi connectivity index (χ0v) is 11.0. The predicted molar refractivity (Wildman–Crippen MR) is 72.3 cm³/mol. The molecule has 0 bridgehead atoms. The minimum Gasteiger partial charge on any atom is -0.506 e. The Morgan fingerprint density at radius 3 is 2.84 bits per heavy atom. The van der Waals surface area contributed by atoms with E-state index in [4.69, 9.17) is 0 Å². The van der Waals surface area contributed by atoms with Gasteiger partial charge in [-0.15, -0.1) is 0 Å². The van der Waals surface area contributed by atoms with E-state index < -0.39 is 0 Å². The van der Waals surface area contributed by atoms with Gasteiger partial charge in [-0.25, -0.2) is 4.39 Å². The zero-order chi connectivity index (χ0) is 13.8. The van der Waals surface area contributed by atoms with E-state index >= 15 is 0 Å². The average molecular weight is 260 g/mol. The molecule has 0 radical (unpaired) electrons. The monoisotopic (exact) mass is 260 g/mol. The summed E-state index contributed by atoms with van der Waals surface area (Å²) in [5, 5.41) is 12.9. The van der Waals surface area contributed by atoms with Gasteiger partial charge < -0.3 is 10.4 Å². The van der Waals surface area contributed by atoms with Gasteiger partial charge in [0.05, 0.1) is 5.69 Å². The van der Waals surface area contributed by atoms with Gasteiger partial charge in [-0.2, -0.15) is 0 Å². The molecule has 1 atom stereocenters. The molecule has 2 N–H and O–H groups in total. The number of rotatable bonds is 4. The SMILES string of the molecule is Cc1ccc(O)c(CN[C@@H](C)c2cccc(F)c2)n1. The van der Waals surface area contributed by atoms with Crippen molar-refractivity contribution < 1.29 is 9.50 Å². The first-order chi connectivity index (χ1) is 9.06. The van der Waals surface area contributed by atoms with Gasteiger partial charge in [0.25, 0.3) is 0 Å². The number of aryl methyl sites for hydroxylation is 1. The van der Waals surface area contributed by atoms with Crippen molar-refractivity contribution in [2.75, 3.05) is 0 Å². The molecule has 0 amide bonds. The molecule has 0 aliphatic rings. The molecule has 0 aliphatic heterocycles. The van der Waals surface area contributed by atoms with Crippen LogP contribution in [0, 0.1) is 12.7 Å². The highest BCUT2D eigenvalue weighted by molar-refractivity contribution is 5.28. The molecule has 1 heterocycles. The van der Waals surface area contributed by atoms with Crippen LogP contribution < -0.4 is 5.32 Å². The standard InChI is InChI=1S/C15H17FN2O/c1-10-6-7-15(19)14(18-10)9-17-11(2)12-4-3-5-13(16)8-12/h3-8,11,17,19H,9H2,1-2H3/t11-/m0/s1. The quantitative estimate of drug-likeness (QED) is 0.888. The Bertz CT molecular complexity index is 572. The molecular weight excluding hydrogens is 243 g/mol. The molecule has 1 aromatic carbocycles. The molecule has 0 spiro atoms. The summed E-state index contributed by atoms with van der Waals surface area (Å²) in [5.41, 5.74) is 2.32. The number of nitrogens with one attached hydrogen (secondary N) is 1. The Hall–Kier alpha value is -1.94. The molecule has 0 fully saturated rings. The highest BCUT2D eigenvalue weighted by atomic mass is 19.1. The smallest absolute Gasteiger partial charge is 0.138 e. The average Bonchev–Trinajstić information content (AvgIpc) is 2.39. The summed E-state index contributed by atoms with van der Waals surface area (Å²) in [5.74, 6) is -0.0766. The van der Waals surface area contributed by atoms with E-state index in [2.05, 4.69) is 10.3 Å². The maximum absolute atomic E-state index is 13.1. The van der Waals surface area contributed by atoms with Gasteiger partial charge in [-0.1, -0.05) is 12.1 Å². The van der Waals surface area contributed by atoms with Crippen LogP contribution in [-0.2, 0) is 6.54 Å². The first-order valence-corrected chi connectivity index (χ1v) is 6.20. The van der Waals surface area contributed by atoms with Crippen molar-refractivity contribution in [3.63, 3.8) is 0 Å². The van der Waals surface area contributed by atoms with E-state index in [1.165, 1.54) is 12.1 Å². The van der Waals surface area contributed by atoms with Crippen molar-refractivity contribution in [3.05, 3.63) is 59.2 Å². The summed E-state index contributed by atoms with van der Waals surface area (Å²) in [4.78, 5) is 4.27. The number of nitrogens with zero attached hydrogens (tertiary/aromatic N) is 1. The van der Waals surface area contributed by atoms with Crippen LogP contribution in [0.1, 0.15) is 29.9 Å². The van der Waals surface area contributed by atoms with Crippen LogP contribution in [0.3, 0.4) is 0 Å². The normalized spacial score (nSPS) is 12.4. The lowest BCUT2D eigenvalue weighted by Gasteiger charge is -2.14. The molecule has 0 saturated heterocycles. The molecule has 2 rings (SSSR count). The zero-order valence-electron chi connectivity index (χ0n) is 11.0. The molecule has 19 heavy (non-hydrogen) atoms. The number of pyridine rings is 1.